The summed E-state index contributed by atoms with van der Waals surface area (Å²) in [5, 5.41) is 7.04. The number of para-hydroxylation sites is 1. The molecule has 0 bridgehead atoms. The average molecular weight is 498 g/mol. The molecule has 3 heterocycles. The van der Waals surface area contributed by atoms with Crippen LogP contribution in [0.1, 0.15) is 33.6 Å². The van der Waals surface area contributed by atoms with Crippen molar-refractivity contribution in [3.05, 3.63) is 69.8 Å². The van der Waals surface area contributed by atoms with Gasteiger partial charge in [0.1, 0.15) is 5.56 Å². The fraction of sp³-hybridized carbons (Fsp3) is 0.250. The Hall–Kier alpha value is -3.20. The normalized spacial score (nSPS) is 16.1. The number of fused-ring (bicyclic) bond motifs is 1. The van der Waals surface area contributed by atoms with E-state index in [-0.39, 0.29) is 41.7 Å². The van der Waals surface area contributed by atoms with Gasteiger partial charge in [-0.3, -0.25) is 14.5 Å². The number of halogens is 2. The first-order valence-corrected chi connectivity index (χ1v) is 11.6. The molecule has 2 N–H and O–H groups in total. The minimum absolute atomic E-state index is 0.0685. The zero-order valence-corrected chi connectivity index (χ0v) is 19.6. The number of anilines is 3. The Morgan fingerprint density at radius 3 is 2.50 bits per heavy atom. The van der Waals surface area contributed by atoms with E-state index in [1.165, 1.54) is 11.1 Å². The topological polar surface area (TPSA) is 96.4 Å². The van der Waals surface area contributed by atoms with E-state index in [2.05, 4.69) is 20.6 Å². The minimum Gasteiger partial charge on any atom is -0.455 e. The van der Waals surface area contributed by atoms with Crippen molar-refractivity contribution in [2.75, 3.05) is 30.0 Å². The molecule has 2 aromatic carbocycles. The molecule has 0 unspecified atom stereocenters. The van der Waals surface area contributed by atoms with Crippen LogP contribution in [0, 0.1) is 5.92 Å². The summed E-state index contributed by atoms with van der Waals surface area (Å²) in [7, 11) is 0. The van der Waals surface area contributed by atoms with Crippen LogP contribution in [0.25, 0.3) is 0 Å². The van der Waals surface area contributed by atoms with Gasteiger partial charge in [0.05, 0.1) is 15.7 Å². The van der Waals surface area contributed by atoms with Gasteiger partial charge < -0.3 is 15.4 Å². The highest BCUT2D eigenvalue weighted by atomic mass is 35.5. The largest absolute Gasteiger partial charge is 0.455 e. The summed E-state index contributed by atoms with van der Waals surface area (Å²) in [6, 6.07) is 12.2. The molecule has 0 atom stereocenters. The zero-order chi connectivity index (χ0) is 23.7. The molecular weight excluding hydrogens is 477 g/mol. The Morgan fingerprint density at radius 2 is 1.79 bits per heavy atom. The monoisotopic (exact) mass is 497 g/mol. The molecule has 2 aliphatic rings. The first-order valence-electron chi connectivity index (χ1n) is 10.9. The second-order valence-corrected chi connectivity index (χ2v) is 8.89. The average Bonchev–Trinajstić information content (AvgIpc) is 2.86. The van der Waals surface area contributed by atoms with Gasteiger partial charge >= 0.3 is 0 Å². The molecule has 0 saturated carbocycles. The number of hydrogen-bond acceptors (Lipinski definition) is 7. The summed E-state index contributed by atoms with van der Waals surface area (Å²) in [4.78, 5) is 35.6. The summed E-state index contributed by atoms with van der Waals surface area (Å²) in [6.07, 6.45) is 3.13. The van der Waals surface area contributed by atoms with Crippen LogP contribution in [0.2, 0.25) is 10.0 Å². The number of rotatable bonds is 5. The number of ketones is 1. The Morgan fingerprint density at radius 1 is 1.09 bits per heavy atom. The van der Waals surface area contributed by atoms with Crippen LogP contribution < -0.4 is 20.3 Å². The summed E-state index contributed by atoms with van der Waals surface area (Å²) in [6.45, 7) is 1.66. The molecule has 3 aromatic rings. The third-order valence-corrected chi connectivity index (χ3v) is 6.51. The Labute approximate surface area is 206 Å². The standard InChI is InChI=1S/C24H21Cl2N5O3/c25-18-2-1-3-19(26)20(18)31-13-34-22-17(23(31)33)12-28-24(30-22)29-16-6-4-14(5-7-16)21(32)15-8-10-27-11-9-15/h1-7,12,15,27H,8-11,13H2,(H,28,29,30). The lowest BCUT2D eigenvalue weighted by molar-refractivity contribution is 0.0893. The van der Waals surface area contributed by atoms with Gasteiger partial charge in [-0.05, 0) is 62.3 Å². The molecule has 1 saturated heterocycles. The maximum atomic E-state index is 13.0. The number of nitrogens with one attached hydrogen (secondary N) is 2. The summed E-state index contributed by atoms with van der Waals surface area (Å²) >= 11 is 12.5. The van der Waals surface area contributed by atoms with Gasteiger partial charge in [-0.25, -0.2) is 4.98 Å². The third-order valence-electron chi connectivity index (χ3n) is 5.90. The molecule has 5 rings (SSSR count). The fourth-order valence-corrected chi connectivity index (χ4v) is 4.69. The summed E-state index contributed by atoms with van der Waals surface area (Å²) in [5.74, 6) is 0.323. The molecule has 0 spiro atoms. The summed E-state index contributed by atoms with van der Waals surface area (Å²) < 4.78 is 5.71. The van der Waals surface area contributed by atoms with Crippen molar-refractivity contribution in [2.24, 2.45) is 5.92 Å². The lowest BCUT2D eigenvalue weighted by Gasteiger charge is -2.29. The number of amides is 1. The van der Waals surface area contributed by atoms with Crippen LogP contribution in [-0.4, -0.2) is 41.5 Å². The molecule has 34 heavy (non-hydrogen) atoms. The molecule has 2 aliphatic heterocycles. The number of hydrogen-bond donors (Lipinski definition) is 2. The second-order valence-electron chi connectivity index (χ2n) is 8.08. The Kier molecular flexibility index (Phi) is 6.36. The first kappa shape index (κ1) is 22.6. The van der Waals surface area contributed by atoms with Crippen LogP contribution in [-0.2, 0) is 0 Å². The number of carbonyl (C=O) groups excluding carboxylic acids is 2. The summed E-state index contributed by atoms with van der Waals surface area (Å²) in [5.41, 5.74) is 1.99. The molecule has 8 nitrogen and oxygen atoms in total. The van der Waals surface area contributed by atoms with Crippen molar-refractivity contribution < 1.29 is 14.3 Å². The van der Waals surface area contributed by atoms with Gasteiger partial charge in [0.2, 0.25) is 11.8 Å². The first-order chi connectivity index (χ1) is 16.5. The Bertz CT molecular complexity index is 1230. The van der Waals surface area contributed by atoms with E-state index >= 15 is 0 Å². The molecule has 1 fully saturated rings. The smallest absolute Gasteiger partial charge is 0.268 e. The molecule has 10 heteroatoms. The van der Waals surface area contributed by atoms with Gasteiger partial charge in [0.15, 0.2) is 12.5 Å². The van der Waals surface area contributed by atoms with E-state index in [9.17, 15) is 9.59 Å². The number of nitrogens with zero attached hydrogens (tertiary/aromatic N) is 3. The van der Waals surface area contributed by atoms with E-state index in [1.54, 1.807) is 30.3 Å². The van der Waals surface area contributed by atoms with Crippen LogP contribution in [0.4, 0.5) is 17.3 Å². The van der Waals surface area contributed by atoms with Gasteiger partial charge in [0, 0.05) is 23.4 Å². The van der Waals surface area contributed by atoms with Crippen molar-refractivity contribution in [3.63, 3.8) is 0 Å². The highest BCUT2D eigenvalue weighted by Gasteiger charge is 2.31. The number of benzene rings is 2. The molecule has 0 aliphatic carbocycles. The van der Waals surface area contributed by atoms with E-state index < -0.39 is 0 Å². The lowest BCUT2D eigenvalue weighted by atomic mass is 9.89. The van der Waals surface area contributed by atoms with Gasteiger partial charge in [-0.2, -0.15) is 4.98 Å². The predicted octanol–water partition coefficient (Wildman–Crippen LogP) is 4.71. The molecular formula is C24H21Cl2N5O3. The van der Waals surface area contributed by atoms with Crippen LogP contribution in [0.15, 0.2) is 48.7 Å². The molecule has 174 valence electrons. The van der Waals surface area contributed by atoms with Gasteiger partial charge in [-0.1, -0.05) is 29.3 Å². The van der Waals surface area contributed by atoms with E-state index in [1.807, 2.05) is 12.1 Å². The van der Waals surface area contributed by atoms with Crippen molar-refractivity contribution in [2.45, 2.75) is 12.8 Å². The van der Waals surface area contributed by atoms with E-state index in [0.29, 0.717) is 27.0 Å². The maximum Gasteiger partial charge on any atom is 0.268 e. The lowest BCUT2D eigenvalue weighted by Crippen LogP contribution is -2.39. The number of piperidine rings is 1. The van der Waals surface area contributed by atoms with Crippen LogP contribution in [0.5, 0.6) is 5.88 Å². The number of carbonyl (C=O) groups is 2. The van der Waals surface area contributed by atoms with Crippen molar-refractivity contribution >= 4 is 52.2 Å². The number of Topliss-reactive ketones (excluding diaryl/α,β-unsaturated/α-hetero) is 1. The van der Waals surface area contributed by atoms with Crippen molar-refractivity contribution in [3.8, 4) is 5.88 Å². The highest BCUT2D eigenvalue weighted by Crippen LogP contribution is 2.37. The minimum atomic E-state index is -0.358. The van der Waals surface area contributed by atoms with Gasteiger partial charge in [-0.15, -0.1) is 0 Å². The molecule has 1 amide bonds. The quantitative estimate of drug-likeness (QED) is 0.492. The number of aromatic nitrogens is 2. The fourth-order valence-electron chi connectivity index (χ4n) is 4.09. The zero-order valence-electron chi connectivity index (χ0n) is 18.1. The van der Waals surface area contributed by atoms with Crippen LogP contribution in [0.3, 0.4) is 0 Å². The van der Waals surface area contributed by atoms with Crippen molar-refractivity contribution in [1.29, 1.82) is 0 Å². The maximum absolute atomic E-state index is 13.0. The van der Waals surface area contributed by atoms with E-state index in [0.717, 1.165) is 25.9 Å². The SMILES string of the molecule is O=C(c1ccc(Nc2ncc3c(n2)OCN(c2c(Cl)cccc2Cl)C3=O)cc1)C1CCNCC1. The second kappa shape index (κ2) is 9.58. The Balaban J connectivity index is 1.30. The van der Waals surface area contributed by atoms with Crippen molar-refractivity contribution in [1.82, 2.24) is 15.3 Å². The van der Waals surface area contributed by atoms with E-state index in [4.69, 9.17) is 27.9 Å². The third kappa shape index (κ3) is 4.44. The molecule has 1 aromatic heterocycles. The number of ether oxygens (including phenoxy) is 1. The molecule has 0 radical (unpaired) electrons. The highest BCUT2D eigenvalue weighted by molar-refractivity contribution is 6.40. The van der Waals surface area contributed by atoms with Crippen LogP contribution >= 0.6 is 23.2 Å². The van der Waals surface area contributed by atoms with Gasteiger partial charge in [0.25, 0.3) is 5.91 Å². The predicted molar refractivity (Wildman–Crippen MR) is 130 cm³/mol.